The van der Waals surface area contributed by atoms with E-state index in [9.17, 15) is 9.18 Å². The first-order chi connectivity index (χ1) is 12.7. The topological polar surface area (TPSA) is 67.0 Å². The number of halogens is 1. The maximum Gasteiger partial charge on any atom is 0.269 e. The number of ether oxygens (including phenoxy) is 1. The normalized spacial score (nSPS) is 13.0. The van der Waals surface area contributed by atoms with Crippen LogP contribution in [-0.2, 0) is 13.0 Å². The molecule has 1 aliphatic heterocycles. The zero-order valence-electron chi connectivity index (χ0n) is 14.1. The molecule has 0 spiro atoms. The van der Waals surface area contributed by atoms with Gasteiger partial charge >= 0.3 is 0 Å². The lowest BCUT2D eigenvalue weighted by Crippen LogP contribution is -2.23. The second-order valence-corrected chi connectivity index (χ2v) is 6.25. The van der Waals surface area contributed by atoms with Crippen LogP contribution in [0.25, 0.3) is 11.3 Å². The number of nitrogens with one attached hydrogen (secondary N) is 2. The van der Waals surface area contributed by atoms with Crippen molar-refractivity contribution < 1.29 is 13.9 Å². The monoisotopic (exact) mass is 351 g/mol. The number of hydrogen-bond acceptors (Lipinski definition) is 3. The van der Waals surface area contributed by atoms with Gasteiger partial charge in [0.2, 0.25) is 0 Å². The van der Waals surface area contributed by atoms with Crippen LogP contribution in [0.2, 0.25) is 0 Å². The summed E-state index contributed by atoms with van der Waals surface area (Å²) in [5.74, 6) is 0.390. The van der Waals surface area contributed by atoms with Crippen molar-refractivity contribution in [3.8, 4) is 17.0 Å². The van der Waals surface area contributed by atoms with E-state index in [2.05, 4.69) is 21.6 Å². The van der Waals surface area contributed by atoms with Gasteiger partial charge < -0.3 is 10.1 Å². The fraction of sp³-hybridized carbons (Fsp3) is 0.200. The van der Waals surface area contributed by atoms with E-state index in [1.165, 1.54) is 17.7 Å². The Morgan fingerprint density at radius 3 is 2.88 bits per heavy atom. The summed E-state index contributed by atoms with van der Waals surface area (Å²) >= 11 is 0. The van der Waals surface area contributed by atoms with Gasteiger partial charge in [0.15, 0.2) is 0 Å². The molecule has 0 saturated carbocycles. The van der Waals surface area contributed by atoms with E-state index in [1.54, 1.807) is 18.2 Å². The summed E-state index contributed by atoms with van der Waals surface area (Å²) in [4.78, 5) is 12.3. The van der Waals surface area contributed by atoms with Crippen LogP contribution in [-0.4, -0.2) is 22.7 Å². The highest BCUT2D eigenvalue weighted by molar-refractivity contribution is 5.93. The smallest absolute Gasteiger partial charge is 0.269 e. The Kier molecular flexibility index (Phi) is 4.39. The third-order valence-electron chi connectivity index (χ3n) is 4.39. The molecule has 1 aliphatic rings. The summed E-state index contributed by atoms with van der Waals surface area (Å²) in [5.41, 5.74) is 3.92. The SMILES string of the molecule is O=C(NCc1ccc2c(c1)CCCO2)c1cc(-c2ccc(F)cc2)n[nH]1. The van der Waals surface area contributed by atoms with Crippen molar-refractivity contribution in [1.29, 1.82) is 0 Å². The molecule has 2 N–H and O–H groups in total. The molecule has 0 fully saturated rings. The van der Waals surface area contributed by atoms with Gasteiger partial charge in [-0.2, -0.15) is 5.10 Å². The van der Waals surface area contributed by atoms with E-state index in [0.717, 1.165) is 36.3 Å². The number of hydrogen-bond donors (Lipinski definition) is 2. The Morgan fingerprint density at radius 2 is 2.04 bits per heavy atom. The lowest BCUT2D eigenvalue weighted by molar-refractivity contribution is 0.0946. The van der Waals surface area contributed by atoms with Gasteiger partial charge in [-0.15, -0.1) is 0 Å². The molecule has 26 heavy (non-hydrogen) atoms. The Hall–Kier alpha value is -3.15. The number of benzene rings is 2. The summed E-state index contributed by atoms with van der Waals surface area (Å²) < 4.78 is 18.6. The zero-order chi connectivity index (χ0) is 17.9. The quantitative estimate of drug-likeness (QED) is 0.756. The summed E-state index contributed by atoms with van der Waals surface area (Å²) in [5, 5.41) is 9.74. The molecule has 1 amide bonds. The van der Waals surface area contributed by atoms with Crippen LogP contribution in [0.5, 0.6) is 5.75 Å². The second-order valence-electron chi connectivity index (χ2n) is 6.25. The van der Waals surface area contributed by atoms with Gasteiger partial charge in [0.25, 0.3) is 5.91 Å². The number of rotatable bonds is 4. The van der Waals surface area contributed by atoms with Crippen molar-refractivity contribution in [3.05, 3.63) is 71.2 Å². The third kappa shape index (κ3) is 3.44. The molecule has 0 bridgehead atoms. The van der Waals surface area contributed by atoms with Gasteiger partial charge in [-0.25, -0.2) is 4.39 Å². The van der Waals surface area contributed by atoms with E-state index in [4.69, 9.17) is 4.74 Å². The molecule has 132 valence electrons. The first-order valence-electron chi connectivity index (χ1n) is 8.53. The first-order valence-corrected chi connectivity index (χ1v) is 8.53. The van der Waals surface area contributed by atoms with Crippen LogP contribution in [0.15, 0.2) is 48.5 Å². The largest absolute Gasteiger partial charge is 0.493 e. The van der Waals surface area contributed by atoms with Crippen molar-refractivity contribution in [1.82, 2.24) is 15.5 Å². The molecule has 2 aromatic carbocycles. The highest BCUT2D eigenvalue weighted by atomic mass is 19.1. The van der Waals surface area contributed by atoms with E-state index in [1.807, 2.05) is 12.1 Å². The van der Waals surface area contributed by atoms with Crippen molar-refractivity contribution in [2.24, 2.45) is 0 Å². The zero-order valence-corrected chi connectivity index (χ0v) is 14.1. The lowest BCUT2D eigenvalue weighted by Gasteiger charge is -2.17. The van der Waals surface area contributed by atoms with Crippen molar-refractivity contribution in [3.63, 3.8) is 0 Å². The molecule has 6 heteroatoms. The average molecular weight is 351 g/mol. The van der Waals surface area contributed by atoms with Crippen LogP contribution in [0.3, 0.4) is 0 Å². The number of nitrogens with zero attached hydrogens (tertiary/aromatic N) is 1. The number of carbonyl (C=O) groups excluding carboxylic acids is 1. The Balaban J connectivity index is 1.41. The van der Waals surface area contributed by atoms with Gasteiger partial charge in [0.05, 0.1) is 12.3 Å². The molecule has 0 saturated heterocycles. The predicted octanol–water partition coefficient (Wildman–Crippen LogP) is 3.47. The number of amides is 1. The van der Waals surface area contributed by atoms with Crippen LogP contribution >= 0.6 is 0 Å². The van der Waals surface area contributed by atoms with Gasteiger partial charge in [0, 0.05) is 12.1 Å². The average Bonchev–Trinajstić information content (AvgIpc) is 3.17. The second kappa shape index (κ2) is 7.00. The van der Waals surface area contributed by atoms with Gasteiger partial charge in [0.1, 0.15) is 17.3 Å². The highest BCUT2D eigenvalue weighted by Gasteiger charge is 2.13. The summed E-state index contributed by atoms with van der Waals surface area (Å²) in [6, 6.07) is 13.6. The lowest BCUT2D eigenvalue weighted by atomic mass is 10.0. The van der Waals surface area contributed by atoms with Gasteiger partial charge in [-0.05, 0) is 60.4 Å². The predicted molar refractivity (Wildman–Crippen MR) is 95.4 cm³/mol. The molecule has 0 atom stereocenters. The Morgan fingerprint density at radius 1 is 1.19 bits per heavy atom. The fourth-order valence-electron chi connectivity index (χ4n) is 3.01. The van der Waals surface area contributed by atoms with Crippen molar-refractivity contribution in [2.45, 2.75) is 19.4 Å². The molecule has 0 radical (unpaired) electrons. The number of aryl methyl sites for hydroxylation is 1. The fourth-order valence-corrected chi connectivity index (χ4v) is 3.01. The first kappa shape index (κ1) is 16.3. The number of aromatic amines is 1. The van der Waals surface area contributed by atoms with Crippen LogP contribution in [0.4, 0.5) is 4.39 Å². The molecular weight excluding hydrogens is 333 g/mol. The molecule has 0 unspecified atom stereocenters. The number of fused-ring (bicyclic) bond motifs is 1. The standard InChI is InChI=1S/C20H18FN3O2/c21-16-6-4-14(5-7-16)17-11-18(24-23-17)20(25)22-12-13-3-8-19-15(10-13)2-1-9-26-19/h3-8,10-11H,1-2,9,12H2,(H,22,25)(H,23,24). The highest BCUT2D eigenvalue weighted by Crippen LogP contribution is 2.25. The van der Waals surface area contributed by atoms with Crippen LogP contribution in [0.1, 0.15) is 28.0 Å². The number of carbonyl (C=O) groups is 1. The Bertz CT molecular complexity index is 934. The van der Waals surface area contributed by atoms with Crippen molar-refractivity contribution >= 4 is 5.91 Å². The number of aromatic nitrogens is 2. The van der Waals surface area contributed by atoms with Crippen LogP contribution < -0.4 is 10.1 Å². The van der Waals surface area contributed by atoms with Crippen LogP contribution in [0, 0.1) is 5.82 Å². The third-order valence-corrected chi connectivity index (χ3v) is 4.39. The minimum Gasteiger partial charge on any atom is -0.493 e. The summed E-state index contributed by atoms with van der Waals surface area (Å²) in [7, 11) is 0. The molecule has 4 rings (SSSR count). The molecular formula is C20H18FN3O2. The minimum absolute atomic E-state index is 0.236. The van der Waals surface area contributed by atoms with E-state index in [-0.39, 0.29) is 11.7 Å². The van der Waals surface area contributed by atoms with E-state index >= 15 is 0 Å². The molecule has 1 aromatic heterocycles. The molecule has 3 aromatic rings. The van der Waals surface area contributed by atoms with Crippen molar-refractivity contribution in [2.75, 3.05) is 6.61 Å². The molecule has 2 heterocycles. The minimum atomic E-state index is -0.308. The Labute approximate surface area is 150 Å². The summed E-state index contributed by atoms with van der Waals surface area (Å²) in [6.45, 7) is 1.19. The molecule has 5 nitrogen and oxygen atoms in total. The van der Waals surface area contributed by atoms with E-state index in [0.29, 0.717) is 17.9 Å². The van der Waals surface area contributed by atoms with Gasteiger partial charge in [-0.1, -0.05) is 12.1 Å². The maximum atomic E-state index is 13.0. The summed E-state index contributed by atoms with van der Waals surface area (Å²) in [6.07, 6.45) is 2.02. The molecule has 0 aliphatic carbocycles. The number of H-pyrrole nitrogens is 1. The van der Waals surface area contributed by atoms with Gasteiger partial charge in [-0.3, -0.25) is 9.89 Å². The maximum absolute atomic E-state index is 13.0. The van der Waals surface area contributed by atoms with E-state index < -0.39 is 0 Å².